The summed E-state index contributed by atoms with van der Waals surface area (Å²) in [5.74, 6) is -1.64. The number of nitro benzene ring substituents is 1. The van der Waals surface area contributed by atoms with Crippen molar-refractivity contribution in [1.29, 1.82) is 0 Å². The number of esters is 1. The van der Waals surface area contributed by atoms with E-state index in [0.717, 1.165) is 5.56 Å². The van der Waals surface area contributed by atoms with E-state index in [1.165, 1.54) is 18.2 Å². The van der Waals surface area contributed by atoms with Crippen LogP contribution in [-0.2, 0) is 20.9 Å². The number of benzene rings is 2. The number of rotatable bonds is 5. The zero-order valence-corrected chi connectivity index (χ0v) is 15.7. The van der Waals surface area contributed by atoms with Gasteiger partial charge in [-0.05, 0) is 24.1 Å². The molecule has 3 rings (SSSR count). The summed E-state index contributed by atoms with van der Waals surface area (Å²) in [5, 5.41) is 14.0. The van der Waals surface area contributed by atoms with Crippen LogP contribution < -0.4 is 5.32 Å². The Morgan fingerprint density at radius 2 is 2.00 bits per heavy atom. The third-order valence-electron chi connectivity index (χ3n) is 4.47. The average molecular weight is 401 g/mol. The van der Waals surface area contributed by atoms with Crippen LogP contribution in [-0.4, -0.2) is 16.8 Å². The van der Waals surface area contributed by atoms with E-state index < -0.39 is 16.8 Å². The van der Waals surface area contributed by atoms with E-state index in [1.54, 1.807) is 6.92 Å². The molecule has 2 aromatic rings. The number of halogens is 1. The summed E-state index contributed by atoms with van der Waals surface area (Å²) in [7, 11) is 0. The number of non-ortho nitro benzene ring substituents is 1. The van der Waals surface area contributed by atoms with Gasteiger partial charge in [0.2, 0.25) is 5.91 Å². The Balaban J connectivity index is 1.94. The van der Waals surface area contributed by atoms with Crippen LogP contribution in [0.2, 0.25) is 5.02 Å². The normalized spacial score (nSPS) is 16.5. The number of nitrogens with one attached hydrogen (secondary N) is 1. The molecule has 28 heavy (non-hydrogen) atoms. The number of nitrogens with zero attached hydrogens (tertiary/aromatic N) is 1. The lowest BCUT2D eigenvalue weighted by molar-refractivity contribution is -0.384. The van der Waals surface area contributed by atoms with E-state index in [-0.39, 0.29) is 35.2 Å². The first-order chi connectivity index (χ1) is 13.4. The Bertz CT molecular complexity index is 972. The standard InChI is InChI=1S/C20H17ClN2O5/c1-12-19(20(25)28-11-13-5-3-2-4-6-13)16(10-18(24)22-12)15-9-14(23(26)27)7-8-17(15)21/h2-9,16H,10-11H2,1H3,(H,22,24)/t16-/m1/s1. The number of hydrogen-bond acceptors (Lipinski definition) is 5. The highest BCUT2D eigenvalue weighted by molar-refractivity contribution is 6.31. The van der Waals surface area contributed by atoms with Crippen LogP contribution in [0.3, 0.4) is 0 Å². The third-order valence-corrected chi connectivity index (χ3v) is 4.81. The fourth-order valence-electron chi connectivity index (χ4n) is 3.15. The molecule has 1 atom stereocenters. The number of ether oxygens (including phenoxy) is 1. The predicted octanol–water partition coefficient (Wildman–Crippen LogP) is 3.87. The van der Waals surface area contributed by atoms with Crippen LogP contribution in [0.25, 0.3) is 0 Å². The number of carbonyl (C=O) groups is 2. The largest absolute Gasteiger partial charge is 0.457 e. The maximum absolute atomic E-state index is 12.8. The van der Waals surface area contributed by atoms with Gasteiger partial charge in [-0.1, -0.05) is 41.9 Å². The van der Waals surface area contributed by atoms with Gasteiger partial charge in [-0.2, -0.15) is 0 Å². The van der Waals surface area contributed by atoms with Crippen molar-refractivity contribution in [3.63, 3.8) is 0 Å². The summed E-state index contributed by atoms with van der Waals surface area (Å²) in [4.78, 5) is 35.4. The first-order valence-corrected chi connectivity index (χ1v) is 8.90. The number of hydrogen-bond donors (Lipinski definition) is 1. The second kappa shape index (κ2) is 8.22. The first-order valence-electron chi connectivity index (χ1n) is 8.52. The predicted molar refractivity (Wildman–Crippen MR) is 103 cm³/mol. The molecule has 1 aliphatic heterocycles. The van der Waals surface area contributed by atoms with Gasteiger partial charge in [0, 0.05) is 35.2 Å². The zero-order chi connectivity index (χ0) is 20.3. The molecule has 1 heterocycles. The van der Waals surface area contributed by atoms with E-state index in [4.69, 9.17) is 16.3 Å². The monoisotopic (exact) mass is 400 g/mol. The van der Waals surface area contributed by atoms with Gasteiger partial charge in [0.1, 0.15) is 6.61 Å². The number of amides is 1. The van der Waals surface area contributed by atoms with Crippen molar-refractivity contribution in [3.8, 4) is 0 Å². The Hall–Kier alpha value is -3.19. The van der Waals surface area contributed by atoms with E-state index in [1.807, 2.05) is 30.3 Å². The van der Waals surface area contributed by atoms with Crippen molar-refractivity contribution < 1.29 is 19.2 Å². The van der Waals surface area contributed by atoms with Crippen molar-refractivity contribution in [2.24, 2.45) is 0 Å². The minimum atomic E-state index is -0.732. The lowest BCUT2D eigenvalue weighted by Gasteiger charge is -2.27. The molecule has 0 saturated heterocycles. The van der Waals surface area contributed by atoms with E-state index in [2.05, 4.69) is 5.32 Å². The lowest BCUT2D eigenvalue weighted by Crippen LogP contribution is -2.34. The molecule has 2 aromatic carbocycles. The second-order valence-electron chi connectivity index (χ2n) is 6.37. The molecule has 0 spiro atoms. The van der Waals surface area contributed by atoms with Crippen molar-refractivity contribution in [1.82, 2.24) is 5.32 Å². The topological polar surface area (TPSA) is 98.5 Å². The molecule has 0 unspecified atom stereocenters. The molecule has 8 heteroatoms. The quantitative estimate of drug-likeness (QED) is 0.466. The van der Waals surface area contributed by atoms with Gasteiger partial charge in [0.15, 0.2) is 0 Å². The number of carbonyl (C=O) groups excluding carboxylic acids is 2. The SMILES string of the molecule is CC1=C(C(=O)OCc2ccccc2)[C@@H](c2cc([N+](=O)[O-])ccc2Cl)CC(=O)N1. The molecule has 1 amide bonds. The molecule has 0 aromatic heterocycles. The summed E-state index contributed by atoms with van der Waals surface area (Å²) < 4.78 is 5.42. The lowest BCUT2D eigenvalue weighted by atomic mass is 9.84. The molecule has 0 saturated carbocycles. The molecule has 1 aliphatic rings. The molecular formula is C20H17ClN2O5. The fraction of sp³-hybridized carbons (Fsp3) is 0.200. The van der Waals surface area contributed by atoms with Gasteiger partial charge in [0.25, 0.3) is 5.69 Å². The van der Waals surface area contributed by atoms with Crippen molar-refractivity contribution in [2.45, 2.75) is 25.9 Å². The van der Waals surface area contributed by atoms with Crippen LogP contribution in [0.15, 0.2) is 59.8 Å². The summed E-state index contributed by atoms with van der Waals surface area (Å²) in [5.41, 5.74) is 1.58. The van der Waals surface area contributed by atoms with E-state index in [0.29, 0.717) is 11.3 Å². The summed E-state index contributed by atoms with van der Waals surface area (Å²) in [6, 6.07) is 13.1. The molecule has 0 bridgehead atoms. The number of nitro groups is 1. The van der Waals surface area contributed by atoms with Gasteiger partial charge < -0.3 is 10.1 Å². The second-order valence-corrected chi connectivity index (χ2v) is 6.78. The van der Waals surface area contributed by atoms with Gasteiger partial charge in [-0.15, -0.1) is 0 Å². The average Bonchev–Trinajstić information content (AvgIpc) is 2.66. The molecule has 144 valence electrons. The zero-order valence-electron chi connectivity index (χ0n) is 15.0. The van der Waals surface area contributed by atoms with Gasteiger partial charge in [0.05, 0.1) is 10.5 Å². The molecule has 1 N–H and O–H groups in total. The molecule has 0 radical (unpaired) electrons. The van der Waals surface area contributed by atoms with Gasteiger partial charge in [-0.25, -0.2) is 4.79 Å². The minimum Gasteiger partial charge on any atom is -0.457 e. The summed E-state index contributed by atoms with van der Waals surface area (Å²) >= 11 is 6.24. The summed E-state index contributed by atoms with van der Waals surface area (Å²) in [6.45, 7) is 1.66. The highest BCUT2D eigenvalue weighted by Gasteiger charge is 2.34. The van der Waals surface area contributed by atoms with Crippen molar-refractivity contribution in [3.05, 3.63) is 86.1 Å². The van der Waals surface area contributed by atoms with E-state index >= 15 is 0 Å². The maximum atomic E-state index is 12.8. The van der Waals surface area contributed by atoms with Crippen molar-refractivity contribution >= 4 is 29.2 Å². The van der Waals surface area contributed by atoms with Gasteiger partial charge in [-0.3, -0.25) is 14.9 Å². The first kappa shape index (κ1) is 19.6. The molecule has 0 fully saturated rings. The molecule has 0 aliphatic carbocycles. The third kappa shape index (κ3) is 4.20. The Labute approximate surface area is 166 Å². The molecular weight excluding hydrogens is 384 g/mol. The van der Waals surface area contributed by atoms with Crippen LogP contribution in [0.4, 0.5) is 5.69 Å². The fourth-order valence-corrected chi connectivity index (χ4v) is 3.40. The van der Waals surface area contributed by atoms with Gasteiger partial charge >= 0.3 is 5.97 Å². The highest BCUT2D eigenvalue weighted by atomic mass is 35.5. The van der Waals surface area contributed by atoms with Crippen LogP contribution in [0.5, 0.6) is 0 Å². The Morgan fingerprint density at radius 1 is 1.29 bits per heavy atom. The smallest absolute Gasteiger partial charge is 0.336 e. The van der Waals surface area contributed by atoms with E-state index in [9.17, 15) is 19.7 Å². The van der Waals surface area contributed by atoms with Crippen LogP contribution in [0, 0.1) is 10.1 Å². The highest BCUT2D eigenvalue weighted by Crippen LogP contribution is 2.38. The minimum absolute atomic E-state index is 0.0615. The maximum Gasteiger partial charge on any atom is 0.336 e. The van der Waals surface area contributed by atoms with Crippen molar-refractivity contribution in [2.75, 3.05) is 0 Å². The Morgan fingerprint density at radius 3 is 2.68 bits per heavy atom. The molecule has 7 nitrogen and oxygen atoms in total. The summed E-state index contributed by atoms with van der Waals surface area (Å²) in [6.07, 6.45) is -0.0615. The Kier molecular flexibility index (Phi) is 5.75. The van der Waals surface area contributed by atoms with Crippen LogP contribution in [0.1, 0.15) is 30.4 Å². The van der Waals surface area contributed by atoms with Crippen LogP contribution >= 0.6 is 11.6 Å². The number of allylic oxidation sites excluding steroid dienone is 1.